The van der Waals surface area contributed by atoms with E-state index in [0.717, 1.165) is 36.3 Å². The highest BCUT2D eigenvalue weighted by molar-refractivity contribution is 5.84. The number of quaternary nitrogens is 1. The molecule has 0 radical (unpaired) electrons. The van der Waals surface area contributed by atoms with Gasteiger partial charge in [0.15, 0.2) is 0 Å². The molecule has 1 aromatic rings. The number of carbonyl (C=O) groups excluding carboxylic acids is 1. The zero-order valence-electron chi connectivity index (χ0n) is 12.6. The topological polar surface area (TPSA) is 38.3 Å². The molecular weight excluding hydrogens is 367 g/mol. The van der Waals surface area contributed by atoms with Gasteiger partial charge in [0.05, 0.1) is 19.6 Å². The molecule has 1 aromatic carbocycles. The molecule has 114 valence electrons. The van der Waals surface area contributed by atoms with E-state index >= 15 is 0 Å². The predicted molar refractivity (Wildman–Crippen MR) is 78.2 cm³/mol. The maximum absolute atomic E-state index is 11.6. The minimum Gasteiger partial charge on any atom is -1.00 e. The number of benzene rings is 1. The molecule has 1 rings (SSSR count). The Morgan fingerprint density at radius 3 is 2.15 bits per heavy atom. The quantitative estimate of drug-likeness (QED) is 0.529. The molecule has 4 nitrogen and oxygen atoms in total. The largest absolute Gasteiger partial charge is 1.00 e. The number of anilines is 1. The van der Waals surface area contributed by atoms with Crippen LogP contribution in [0.5, 0.6) is 0 Å². The Morgan fingerprint density at radius 1 is 1.10 bits per heavy atom. The first kappa shape index (κ1) is 19.2. The van der Waals surface area contributed by atoms with Gasteiger partial charge in [-0.05, 0) is 32.9 Å². The average molecular weight is 392 g/mol. The summed E-state index contributed by atoms with van der Waals surface area (Å²) in [7, 11) is 0. The van der Waals surface area contributed by atoms with Crippen LogP contribution < -0.4 is 29.3 Å². The van der Waals surface area contributed by atoms with Crippen LogP contribution in [0, 0.1) is 0 Å². The molecule has 0 aliphatic rings. The van der Waals surface area contributed by atoms with Gasteiger partial charge in [0.2, 0.25) is 0 Å². The van der Waals surface area contributed by atoms with E-state index in [1.807, 2.05) is 30.3 Å². The molecule has 0 aromatic heterocycles. The van der Waals surface area contributed by atoms with Gasteiger partial charge >= 0.3 is 6.09 Å². The molecular formula is C15H25IN2O2. The zero-order chi connectivity index (χ0) is 14.1. The third-order valence-electron chi connectivity index (χ3n) is 3.83. The summed E-state index contributed by atoms with van der Waals surface area (Å²) < 4.78 is 6.23. The SMILES string of the molecule is CC[N+](CC)(CC)CCOC(=O)Nc1ccccc1.[I-]. The standard InChI is InChI=1S/C15H24N2O2.HI/c1-4-17(5-2,6-3)12-13-19-15(18)16-14-10-8-7-9-11-14;/h7-11H,4-6,12-13H2,1-3H3;1H. The van der Waals surface area contributed by atoms with E-state index in [9.17, 15) is 4.79 Å². The van der Waals surface area contributed by atoms with Crippen LogP contribution in [0.2, 0.25) is 0 Å². The van der Waals surface area contributed by atoms with Gasteiger partial charge in [0.25, 0.3) is 0 Å². The van der Waals surface area contributed by atoms with Crippen molar-refractivity contribution in [2.45, 2.75) is 20.8 Å². The van der Waals surface area contributed by atoms with Crippen molar-refractivity contribution in [2.75, 3.05) is 38.1 Å². The van der Waals surface area contributed by atoms with Crippen LogP contribution in [0.25, 0.3) is 0 Å². The Balaban J connectivity index is 0.00000361. The van der Waals surface area contributed by atoms with Gasteiger partial charge in [0, 0.05) is 5.69 Å². The maximum atomic E-state index is 11.6. The van der Waals surface area contributed by atoms with Crippen LogP contribution >= 0.6 is 0 Å². The van der Waals surface area contributed by atoms with Crippen molar-refractivity contribution >= 4 is 11.8 Å². The second kappa shape index (κ2) is 9.99. The lowest BCUT2D eigenvalue weighted by atomic mass is 10.3. The molecule has 0 saturated heterocycles. The second-order valence-corrected chi connectivity index (χ2v) is 4.64. The first-order chi connectivity index (χ1) is 9.15. The summed E-state index contributed by atoms with van der Waals surface area (Å²) in [4.78, 5) is 11.6. The molecule has 0 heterocycles. The van der Waals surface area contributed by atoms with Gasteiger partial charge in [0.1, 0.15) is 13.2 Å². The molecule has 0 atom stereocenters. The molecule has 0 aliphatic heterocycles. The lowest BCUT2D eigenvalue weighted by Gasteiger charge is -2.35. The zero-order valence-corrected chi connectivity index (χ0v) is 14.7. The molecule has 0 saturated carbocycles. The Morgan fingerprint density at radius 2 is 1.65 bits per heavy atom. The van der Waals surface area contributed by atoms with Crippen molar-refractivity contribution in [1.29, 1.82) is 0 Å². The highest BCUT2D eigenvalue weighted by Crippen LogP contribution is 2.07. The summed E-state index contributed by atoms with van der Waals surface area (Å²) in [5.74, 6) is 0. The number of amides is 1. The molecule has 0 spiro atoms. The fourth-order valence-corrected chi connectivity index (χ4v) is 2.15. The lowest BCUT2D eigenvalue weighted by molar-refractivity contribution is -0.923. The van der Waals surface area contributed by atoms with Crippen molar-refractivity contribution in [3.63, 3.8) is 0 Å². The van der Waals surface area contributed by atoms with Gasteiger partial charge < -0.3 is 33.2 Å². The Kier molecular flexibility index (Phi) is 9.58. The molecule has 20 heavy (non-hydrogen) atoms. The van der Waals surface area contributed by atoms with Crippen LogP contribution in [-0.4, -0.2) is 43.4 Å². The summed E-state index contributed by atoms with van der Waals surface area (Å²) in [5.41, 5.74) is 0.759. The highest BCUT2D eigenvalue weighted by Gasteiger charge is 2.20. The average Bonchev–Trinajstić information content (AvgIpc) is 2.45. The number of nitrogens with zero attached hydrogens (tertiary/aromatic N) is 1. The predicted octanol–water partition coefficient (Wildman–Crippen LogP) is 0.116. The number of para-hydroxylation sites is 1. The molecule has 1 N–H and O–H groups in total. The molecule has 0 fully saturated rings. The summed E-state index contributed by atoms with van der Waals surface area (Å²) in [6.45, 7) is 11.1. The minimum absolute atomic E-state index is 0. The molecule has 0 bridgehead atoms. The third-order valence-corrected chi connectivity index (χ3v) is 3.83. The number of rotatable bonds is 7. The van der Waals surface area contributed by atoms with Gasteiger partial charge in [-0.2, -0.15) is 0 Å². The Labute approximate surface area is 139 Å². The van der Waals surface area contributed by atoms with E-state index in [1.165, 1.54) is 0 Å². The monoisotopic (exact) mass is 392 g/mol. The summed E-state index contributed by atoms with van der Waals surface area (Å²) >= 11 is 0. The van der Waals surface area contributed by atoms with Crippen molar-refractivity contribution in [2.24, 2.45) is 0 Å². The summed E-state index contributed by atoms with van der Waals surface area (Å²) in [5, 5.41) is 2.71. The first-order valence-electron chi connectivity index (χ1n) is 6.99. The van der Waals surface area contributed by atoms with E-state index < -0.39 is 0 Å². The first-order valence-corrected chi connectivity index (χ1v) is 6.99. The van der Waals surface area contributed by atoms with Crippen molar-refractivity contribution in [3.8, 4) is 0 Å². The molecule has 1 amide bonds. The van der Waals surface area contributed by atoms with E-state index in [0.29, 0.717) is 6.61 Å². The van der Waals surface area contributed by atoms with Crippen LogP contribution in [-0.2, 0) is 4.74 Å². The lowest BCUT2D eigenvalue weighted by Crippen LogP contribution is -3.00. The van der Waals surface area contributed by atoms with Crippen molar-refractivity contribution < 1.29 is 38.0 Å². The van der Waals surface area contributed by atoms with Crippen LogP contribution in [0.4, 0.5) is 10.5 Å². The fraction of sp³-hybridized carbons (Fsp3) is 0.533. The van der Waals surface area contributed by atoms with Gasteiger partial charge in [-0.25, -0.2) is 4.79 Å². The molecule has 5 heteroatoms. The normalized spacial score (nSPS) is 10.6. The van der Waals surface area contributed by atoms with Gasteiger partial charge in [-0.1, -0.05) is 18.2 Å². The van der Waals surface area contributed by atoms with Crippen LogP contribution in [0.15, 0.2) is 30.3 Å². The number of hydrogen-bond acceptors (Lipinski definition) is 2. The number of nitrogens with one attached hydrogen (secondary N) is 1. The van der Waals surface area contributed by atoms with E-state index in [-0.39, 0.29) is 30.1 Å². The number of hydrogen-bond donors (Lipinski definition) is 1. The Bertz CT molecular complexity index is 372. The second-order valence-electron chi connectivity index (χ2n) is 4.64. The van der Waals surface area contributed by atoms with Crippen LogP contribution in [0.3, 0.4) is 0 Å². The van der Waals surface area contributed by atoms with E-state index in [1.54, 1.807) is 0 Å². The van der Waals surface area contributed by atoms with Crippen LogP contribution in [0.1, 0.15) is 20.8 Å². The van der Waals surface area contributed by atoms with Gasteiger partial charge in [-0.3, -0.25) is 5.32 Å². The fourth-order valence-electron chi connectivity index (χ4n) is 2.15. The highest BCUT2D eigenvalue weighted by atomic mass is 127. The number of halogens is 1. The Hall–Kier alpha value is -0.820. The summed E-state index contributed by atoms with van der Waals surface area (Å²) in [6.07, 6.45) is -0.382. The number of ether oxygens (including phenoxy) is 1. The van der Waals surface area contributed by atoms with Crippen molar-refractivity contribution in [3.05, 3.63) is 30.3 Å². The summed E-state index contributed by atoms with van der Waals surface area (Å²) in [6, 6.07) is 9.34. The minimum atomic E-state index is -0.382. The number of carbonyl (C=O) groups is 1. The maximum Gasteiger partial charge on any atom is 0.411 e. The van der Waals surface area contributed by atoms with Gasteiger partial charge in [-0.15, -0.1) is 0 Å². The van der Waals surface area contributed by atoms with E-state index in [4.69, 9.17) is 4.74 Å². The third kappa shape index (κ3) is 6.09. The molecule has 0 unspecified atom stereocenters. The number of likely N-dealkylation sites (N-methyl/N-ethyl adjacent to an activating group) is 1. The smallest absolute Gasteiger partial charge is 0.411 e. The molecule has 0 aliphatic carbocycles. The van der Waals surface area contributed by atoms with Crippen molar-refractivity contribution in [1.82, 2.24) is 0 Å². The van der Waals surface area contributed by atoms with E-state index in [2.05, 4.69) is 26.1 Å².